The monoisotopic (exact) mass is 228 g/mol. The van der Waals surface area contributed by atoms with Crippen molar-refractivity contribution in [3.63, 3.8) is 0 Å². The number of hydrogen-bond donors (Lipinski definition) is 1. The first kappa shape index (κ1) is 12.4. The van der Waals surface area contributed by atoms with Crippen molar-refractivity contribution in [3.8, 4) is 0 Å². The second-order valence-electron chi connectivity index (χ2n) is 3.22. The average molecular weight is 228 g/mol. The van der Waals surface area contributed by atoms with Crippen molar-refractivity contribution in [2.45, 2.75) is 0 Å². The summed E-state index contributed by atoms with van der Waals surface area (Å²) in [5.74, 6) is -2.12. The largest absolute Gasteiger partial charge is 0.478 e. The number of halogens is 1. The normalized spacial score (nSPS) is 10.2. The number of carboxylic acid groups (broad SMARTS) is 1. The molecule has 0 radical (unpaired) electrons. The number of carbonyl (C=O) groups is 1. The Morgan fingerprint density at radius 3 is 2.94 bits per heavy atom. The Bertz CT molecular complexity index is 384. The molecule has 0 fully saturated rings. The fourth-order valence-corrected chi connectivity index (χ4v) is 1.20. The number of likely N-dealkylation sites (N-methyl/N-ethyl adjacent to an activating group) is 1. The van der Waals surface area contributed by atoms with Gasteiger partial charge in [0.2, 0.25) is 0 Å². The molecule has 1 aromatic heterocycles. The molecule has 5 nitrogen and oxygen atoms in total. The van der Waals surface area contributed by atoms with Gasteiger partial charge in [-0.3, -0.25) is 0 Å². The molecule has 6 heteroatoms. The highest BCUT2D eigenvalue weighted by Gasteiger charge is 2.17. The van der Waals surface area contributed by atoms with E-state index in [9.17, 15) is 9.18 Å². The minimum absolute atomic E-state index is 0.0111. The van der Waals surface area contributed by atoms with Gasteiger partial charge in [0.15, 0.2) is 11.6 Å². The molecule has 0 aliphatic rings. The minimum atomic E-state index is -1.30. The Labute approximate surface area is 92.5 Å². The molecule has 0 unspecified atom stereocenters. The summed E-state index contributed by atoms with van der Waals surface area (Å²) in [6.07, 6.45) is 1.27. The Balaban J connectivity index is 2.96. The lowest BCUT2D eigenvalue weighted by Crippen LogP contribution is -2.24. The third-order valence-corrected chi connectivity index (χ3v) is 2.09. The van der Waals surface area contributed by atoms with Gasteiger partial charge in [-0.1, -0.05) is 0 Å². The number of pyridine rings is 1. The highest BCUT2D eigenvalue weighted by atomic mass is 19.1. The zero-order valence-corrected chi connectivity index (χ0v) is 9.11. The summed E-state index contributed by atoms with van der Waals surface area (Å²) in [5.41, 5.74) is -0.380. The standard InChI is InChI=1S/C10H13FN2O3/c1-13(5-6-16-2)9-8(11)7(10(14)15)3-4-12-9/h3-4H,5-6H2,1-2H3,(H,14,15). The van der Waals surface area contributed by atoms with Crippen LogP contribution in [0, 0.1) is 5.82 Å². The summed E-state index contributed by atoms with van der Waals surface area (Å²) in [6.45, 7) is 0.846. The van der Waals surface area contributed by atoms with E-state index in [1.807, 2.05) is 0 Å². The topological polar surface area (TPSA) is 62.7 Å². The Morgan fingerprint density at radius 1 is 1.69 bits per heavy atom. The predicted molar refractivity (Wildman–Crippen MR) is 56.3 cm³/mol. The van der Waals surface area contributed by atoms with Crippen LogP contribution >= 0.6 is 0 Å². The van der Waals surface area contributed by atoms with E-state index < -0.39 is 11.8 Å². The van der Waals surface area contributed by atoms with E-state index in [4.69, 9.17) is 9.84 Å². The number of aromatic nitrogens is 1. The number of hydrogen-bond acceptors (Lipinski definition) is 4. The summed E-state index contributed by atoms with van der Waals surface area (Å²) in [4.78, 5) is 16.0. The first-order valence-corrected chi connectivity index (χ1v) is 4.65. The smallest absolute Gasteiger partial charge is 0.338 e. The van der Waals surface area contributed by atoms with Gasteiger partial charge in [-0.2, -0.15) is 0 Å². The number of methoxy groups -OCH3 is 1. The Hall–Kier alpha value is -1.69. The third-order valence-electron chi connectivity index (χ3n) is 2.09. The Morgan fingerprint density at radius 2 is 2.38 bits per heavy atom. The van der Waals surface area contributed by atoms with Gasteiger partial charge in [0.1, 0.15) is 5.56 Å². The molecule has 0 aliphatic heterocycles. The maximum Gasteiger partial charge on any atom is 0.338 e. The predicted octanol–water partition coefficient (Wildman–Crippen LogP) is 1.00. The first-order valence-electron chi connectivity index (χ1n) is 4.65. The molecule has 16 heavy (non-hydrogen) atoms. The molecule has 88 valence electrons. The lowest BCUT2D eigenvalue weighted by Gasteiger charge is -2.18. The molecule has 1 heterocycles. The van der Waals surface area contributed by atoms with Gasteiger partial charge < -0.3 is 14.7 Å². The highest BCUT2D eigenvalue weighted by Crippen LogP contribution is 2.17. The van der Waals surface area contributed by atoms with Crippen molar-refractivity contribution in [2.24, 2.45) is 0 Å². The van der Waals surface area contributed by atoms with Crippen molar-refractivity contribution < 1.29 is 19.0 Å². The number of aromatic carboxylic acids is 1. The molecule has 0 bridgehead atoms. The van der Waals surface area contributed by atoms with Crippen LogP contribution in [0.1, 0.15) is 10.4 Å². The summed E-state index contributed by atoms with van der Waals surface area (Å²) in [6, 6.07) is 1.13. The summed E-state index contributed by atoms with van der Waals surface area (Å²) < 4.78 is 18.5. The molecule has 1 rings (SSSR count). The summed E-state index contributed by atoms with van der Waals surface area (Å²) in [5, 5.41) is 8.74. The van der Waals surface area contributed by atoms with E-state index >= 15 is 0 Å². The number of rotatable bonds is 5. The quantitative estimate of drug-likeness (QED) is 0.814. The van der Waals surface area contributed by atoms with Crippen LogP contribution < -0.4 is 4.90 Å². The van der Waals surface area contributed by atoms with Crippen LogP contribution in [-0.2, 0) is 4.74 Å². The van der Waals surface area contributed by atoms with E-state index in [1.54, 1.807) is 7.05 Å². The van der Waals surface area contributed by atoms with Crippen LogP contribution in [0.15, 0.2) is 12.3 Å². The zero-order chi connectivity index (χ0) is 12.1. The van der Waals surface area contributed by atoms with Gasteiger partial charge in [-0.25, -0.2) is 14.2 Å². The number of anilines is 1. The first-order chi connectivity index (χ1) is 7.57. The van der Waals surface area contributed by atoms with Crippen LogP contribution in [-0.4, -0.2) is 43.4 Å². The van der Waals surface area contributed by atoms with Gasteiger partial charge in [-0.15, -0.1) is 0 Å². The lowest BCUT2D eigenvalue weighted by atomic mass is 10.2. The maximum atomic E-state index is 13.7. The minimum Gasteiger partial charge on any atom is -0.478 e. The van der Waals surface area contributed by atoms with E-state index in [0.29, 0.717) is 13.2 Å². The Kier molecular flexibility index (Phi) is 4.19. The van der Waals surface area contributed by atoms with E-state index in [1.165, 1.54) is 18.2 Å². The van der Waals surface area contributed by atoms with Crippen LogP contribution in [0.25, 0.3) is 0 Å². The fourth-order valence-electron chi connectivity index (χ4n) is 1.20. The van der Waals surface area contributed by atoms with E-state index in [-0.39, 0.29) is 11.4 Å². The van der Waals surface area contributed by atoms with Crippen molar-refractivity contribution in [3.05, 3.63) is 23.6 Å². The summed E-state index contributed by atoms with van der Waals surface area (Å²) >= 11 is 0. The average Bonchev–Trinajstić information content (AvgIpc) is 2.25. The second-order valence-corrected chi connectivity index (χ2v) is 3.22. The zero-order valence-electron chi connectivity index (χ0n) is 9.11. The molecule has 0 aliphatic carbocycles. The molecule has 0 amide bonds. The third kappa shape index (κ3) is 2.66. The van der Waals surface area contributed by atoms with E-state index in [2.05, 4.69) is 4.98 Å². The fraction of sp³-hybridized carbons (Fsp3) is 0.400. The van der Waals surface area contributed by atoms with Crippen molar-refractivity contribution in [1.82, 2.24) is 4.98 Å². The number of nitrogens with zero attached hydrogens (tertiary/aromatic N) is 2. The molecule has 1 N–H and O–H groups in total. The van der Waals surface area contributed by atoms with Crippen LogP contribution in [0.4, 0.5) is 10.2 Å². The number of ether oxygens (including phenoxy) is 1. The molecule has 0 atom stereocenters. The molecular weight excluding hydrogens is 215 g/mol. The maximum absolute atomic E-state index is 13.7. The molecule has 1 aromatic rings. The van der Waals surface area contributed by atoms with Gasteiger partial charge in [0.05, 0.1) is 6.61 Å². The molecule has 0 aromatic carbocycles. The van der Waals surface area contributed by atoms with Gasteiger partial charge in [-0.05, 0) is 6.07 Å². The second kappa shape index (κ2) is 5.41. The van der Waals surface area contributed by atoms with Crippen molar-refractivity contribution in [2.75, 3.05) is 32.2 Å². The van der Waals surface area contributed by atoms with Crippen LogP contribution in [0.5, 0.6) is 0 Å². The SMILES string of the molecule is COCCN(C)c1nccc(C(=O)O)c1F. The van der Waals surface area contributed by atoms with Crippen molar-refractivity contribution >= 4 is 11.8 Å². The van der Waals surface area contributed by atoms with Crippen LogP contribution in [0.3, 0.4) is 0 Å². The molecular formula is C10H13FN2O3. The van der Waals surface area contributed by atoms with Crippen molar-refractivity contribution in [1.29, 1.82) is 0 Å². The molecule has 0 saturated carbocycles. The number of carboxylic acids is 1. The molecule has 0 spiro atoms. The van der Waals surface area contributed by atoms with Gasteiger partial charge in [0, 0.05) is 26.9 Å². The van der Waals surface area contributed by atoms with Crippen LogP contribution in [0.2, 0.25) is 0 Å². The van der Waals surface area contributed by atoms with Gasteiger partial charge >= 0.3 is 5.97 Å². The summed E-state index contributed by atoms with van der Waals surface area (Å²) in [7, 11) is 3.15. The van der Waals surface area contributed by atoms with E-state index in [0.717, 1.165) is 6.07 Å². The molecule has 0 saturated heterocycles. The lowest BCUT2D eigenvalue weighted by molar-refractivity contribution is 0.0692. The highest BCUT2D eigenvalue weighted by molar-refractivity contribution is 5.88. The van der Waals surface area contributed by atoms with Gasteiger partial charge in [0.25, 0.3) is 0 Å².